The van der Waals surface area contributed by atoms with Crippen LogP contribution in [0.1, 0.15) is 17.3 Å². The van der Waals surface area contributed by atoms with Gasteiger partial charge in [-0.05, 0) is 57.3 Å². The summed E-state index contributed by atoms with van der Waals surface area (Å²) >= 11 is 3.81. The van der Waals surface area contributed by atoms with Crippen LogP contribution in [0.15, 0.2) is 12.1 Å². The van der Waals surface area contributed by atoms with Crippen LogP contribution < -0.4 is 4.74 Å². The van der Waals surface area contributed by atoms with Crippen molar-refractivity contribution in [1.82, 2.24) is 0 Å². The molecule has 0 unspecified atom stereocenters. The highest BCUT2D eigenvalue weighted by molar-refractivity contribution is 14.1. The molecule has 80 valence electrons. The molecule has 15 heavy (non-hydrogen) atoms. The van der Waals surface area contributed by atoms with Gasteiger partial charge < -0.3 is 9.84 Å². The van der Waals surface area contributed by atoms with Crippen molar-refractivity contribution in [2.75, 3.05) is 0 Å². The average molecular weight is 432 g/mol. The van der Waals surface area contributed by atoms with E-state index in [1.54, 1.807) is 12.1 Å². The molecule has 6 heteroatoms. The summed E-state index contributed by atoms with van der Waals surface area (Å²) < 4.78 is 6.02. The monoisotopic (exact) mass is 432 g/mol. The minimum atomic E-state index is -1.10. The highest BCUT2D eigenvalue weighted by Crippen LogP contribution is 2.29. The van der Waals surface area contributed by atoms with E-state index in [0.29, 0.717) is 7.14 Å². The van der Waals surface area contributed by atoms with Crippen LogP contribution in [0.2, 0.25) is 0 Å². The van der Waals surface area contributed by atoms with E-state index in [4.69, 9.17) is 9.84 Å². The number of hydrogen-bond acceptors (Lipinski definition) is 3. The summed E-state index contributed by atoms with van der Waals surface area (Å²) in [5.74, 6) is -1.52. The highest BCUT2D eigenvalue weighted by atomic mass is 127. The van der Waals surface area contributed by atoms with Gasteiger partial charge in [-0.3, -0.25) is 4.79 Å². The molecule has 4 nitrogen and oxygen atoms in total. The predicted molar refractivity (Wildman–Crippen MR) is 70.1 cm³/mol. The minimum absolute atomic E-state index is 0.0256. The third-order valence-electron chi connectivity index (χ3n) is 1.52. The normalized spacial score (nSPS) is 9.80. The van der Waals surface area contributed by atoms with Gasteiger partial charge in [-0.15, -0.1) is 0 Å². The molecule has 0 heterocycles. The summed E-state index contributed by atoms with van der Waals surface area (Å²) in [6.45, 7) is 1.24. The fraction of sp³-hybridized carbons (Fsp3) is 0.111. The summed E-state index contributed by atoms with van der Waals surface area (Å²) in [5.41, 5.74) is 0.0256. The predicted octanol–water partition coefficient (Wildman–Crippen LogP) is 2.52. The molecule has 0 aromatic heterocycles. The van der Waals surface area contributed by atoms with E-state index in [-0.39, 0.29) is 11.3 Å². The van der Waals surface area contributed by atoms with Crippen molar-refractivity contribution in [3.05, 3.63) is 24.8 Å². The van der Waals surface area contributed by atoms with Crippen LogP contribution in [0.3, 0.4) is 0 Å². The van der Waals surface area contributed by atoms with E-state index in [0.717, 1.165) is 0 Å². The zero-order valence-electron chi connectivity index (χ0n) is 7.58. The van der Waals surface area contributed by atoms with Gasteiger partial charge in [-0.25, -0.2) is 4.79 Å². The van der Waals surface area contributed by atoms with Crippen LogP contribution in [-0.4, -0.2) is 17.0 Å². The van der Waals surface area contributed by atoms with Gasteiger partial charge in [0.05, 0.1) is 3.57 Å². The van der Waals surface area contributed by atoms with Gasteiger partial charge in [0.2, 0.25) is 0 Å². The third kappa shape index (κ3) is 3.03. The van der Waals surface area contributed by atoms with Gasteiger partial charge in [0, 0.05) is 10.5 Å². The number of esters is 1. The second kappa shape index (κ2) is 5.10. The maximum atomic E-state index is 11.0. The Morgan fingerprint density at radius 1 is 1.27 bits per heavy atom. The van der Waals surface area contributed by atoms with Crippen LogP contribution in [0.5, 0.6) is 5.75 Å². The maximum Gasteiger partial charge on any atom is 0.340 e. The fourth-order valence-corrected chi connectivity index (χ4v) is 2.19. The van der Waals surface area contributed by atoms with Crippen LogP contribution in [-0.2, 0) is 4.79 Å². The smallest absolute Gasteiger partial charge is 0.340 e. The SMILES string of the molecule is CC(=O)Oc1c(I)ccc(I)c1C(=O)O. The molecule has 1 N–H and O–H groups in total. The van der Waals surface area contributed by atoms with Gasteiger partial charge in [0.15, 0.2) is 5.75 Å². The van der Waals surface area contributed by atoms with E-state index in [9.17, 15) is 9.59 Å². The lowest BCUT2D eigenvalue weighted by Crippen LogP contribution is -2.10. The first-order valence-electron chi connectivity index (χ1n) is 3.83. The number of carbonyl (C=O) groups is 2. The van der Waals surface area contributed by atoms with Crippen molar-refractivity contribution in [3.63, 3.8) is 0 Å². The molecule has 0 fully saturated rings. The Morgan fingerprint density at radius 2 is 1.80 bits per heavy atom. The van der Waals surface area contributed by atoms with Crippen LogP contribution in [0.4, 0.5) is 0 Å². The van der Waals surface area contributed by atoms with Gasteiger partial charge in [0.25, 0.3) is 0 Å². The Labute approximate surface area is 113 Å². The Balaban J connectivity index is 3.38. The Hall–Kier alpha value is -0.380. The second-order valence-electron chi connectivity index (χ2n) is 2.63. The largest absolute Gasteiger partial charge is 0.478 e. The molecule has 0 radical (unpaired) electrons. The average Bonchev–Trinajstić information content (AvgIpc) is 2.10. The van der Waals surface area contributed by atoms with Gasteiger partial charge >= 0.3 is 11.9 Å². The van der Waals surface area contributed by atoms with Crippen LogP contribution in [0.25, 0.3) is 0 Å². The summed E-state index contributed by atoms with van der Waals surface area (Å²) in [7, 11) is 0. The zero-order valence-corrected chi connectivity index (χ0v) is 11.9. The molecule has 1 rings (SSSR count). The lowest BCUT2D eigenvalue weighted by Gasteiger charge is -2.09. The summed E-state index contributed by atoms with van der Waals surface area (Å²) in [5, 5.41) is 8.98. The molecule has 1 aromatic carbocycles. The van der Waals surface area contributed by atoms with Crippen LogP contribution in [0, 0.1) is 7.14 Å². The molecule has 0 amide bonds. The number of carboxylic acids is 1. The standard InChI is InChI=1S/C9H6I2O4/c1-4(12)15-8-6(11)3-2-5(10)7(8)9(13)14/h2-3H,1H3,(H,13,14). The van der Waals surface area contributed by atoms with E-state index < -0.39 is 11.9 Å². The van der Waals surface area contributed by atoms with Gasteiger partial charge in [-0.2, -0.15) is 0 Å². The molecule has 0 aliphatic carbocycles. The molecule has 0 aliphatic heterocycles. The quantitative estimate of drug-likeness (QED) is 0.444. The number of benzene rings is 1. The Kier molecular flexibility index (Phi) is 4.32. The van der Waals surface area contributed by atoms with Crippen molar-refractivity contribution in [2.24, 2.45) is 0 Å². The van der Waals surface area contributed by atoms with Crippen molar-refractivity contribution >= 4 is 57.1 Å². The number of rotatable bonds is 2. The first-order valence-corrected chi connectivity index (χ1v) is 5.99. The number of carboxylic acid groups (broad SMARTS) is 1. The van der Waals surface area contributed by atoms with E-state index in [1.165, 1.54) is 6.92 Å². The summed E-state index contributed by atoms with van der Waals surface area (Å²) in [6, 6.07) is 3.37. The minimum Gasteiger partial charge on any atom is -0.478 e. The molecule has 0 spiro atoms. The molecule has 0 atom stereocenters. The zero-order chi connectivity index (χ0) is 11.6. The highest BCUT2D eigenvalue weighted by Gasteiger charge is 2.19. The van der Waals surface area contributed by atoms with Gasteiger partial charge in [-0.1, -0.05) is 0 Å². The Bertz CT molecular complexity index is 428. The maximum absolute atomic E-state index is 11.0. The van der Waals surface area contributed by atoms with Crippen molar-refractivity contribution in [3.8, 4) is 5.75 Å². The number of hydrogen-bond donors (Lipinski definition) is 1. The third-order valence-corrected chi connectivity index (χ3v) is 3.27. The first-order chi connectivity index (χ1) is 6.93. The molecule has 0 bridgehead atoms. The lowest BCUT2D eigenvalue weighted by atomic mass is 10.2. The van der Waals surface area contributed by atoms with E-state index in [1.807, 2.05) is 45.2 Å². The van der Waals surface area contributed by atoms with Crippen molar-refractivity contribution in [2.45, 2.75) is 6.92 Å². The number of aromatic carboxylic acids is 1. The van der Waals surface area contributed by atoms with Crippen molar-refractivity contribution < 1.29 is 19.4 Å². The molecule has 0 saturated heterocycles. The van der Waals surface area contributed by atoms with Crippen molar-refractivity contribution in [1.29, 1.82) is 0 Å². The topological polar surface area (TPSA) is 63.6 Å². The first kappa shape index (κ1) is 12.7. The molecular weight excluding hydrogens is 426 g/mol. The number of halogens is 2. The number of carbonyl (C=O) groups excluding carboxylic acids is 1. The molecule has 0 aliphatic rings. The molecule has 1 aromatic rings. The Morgan fingerprint density at radius 3 is 2.27 bits per heavy atom. The number of ether oxygens (including phenoxy) is 1. The molecular formula is C9H6I2O4. The summed E-state index contributed by atoms with van der Waals surface area (Å²) in [6.07, 6.45) is 0. The fourth-order valence-electron chi connectivity index (χ4n) is 0.976. The summed E-state index contributed by atoms with van der Waals surface area (Å²) in [4.78, 5) is 21.8. The molecule has 0 saturated carbocycles. The van der Waals surface area contributed by atoms with E-state index >= 15 is 0 Å². The van der Waals surface area contributed by atoms with E-state index in [2.05, 4.69) is 0 Å². The lowest BCUT2D eigenvalue weighted by molar-refractivity contribution is -0.131. The van der Waals surface area contributed by atoms with Crippen LogP contribution >= 0.6 is 45.2 Å². The van der Waals surface area contributed by atoms with Gasteiger partial charge in [0.1, 0.15) is 5.56 Å². The second-order valence-corrected chi connectivity index (χ2v) is 4.96.